The first kappa shape index (κ1) is 24.9. The summed E-state index contributed by atoms with van der Waals surface area (Å²) in [7, 11) is -3.28. The summed E-state index contributed by atoms with van der Waals surface area (Å²) in [5, 5.41) is 5.35. The van der Waals surface area contributed by atoms with E-state index in [1.807, 2.05) is 13.0 Å². The summed E-state index contributed by atoms with van der Waals surface area (Å²) in [6.07, 6.45) is 0.0925. The predicted octanol–water partition coefficient (Wildman–Crippen LogP) is 5.06. The van der Waals surface area contributed by atoms with Crippen molar-refractivity contribution in [3.8, 4) is 11.1 Å². The molecule has 0 spiro atoms. The van der Waals surface area contributed by atoms with E-state index in [2.05, 4.69) is 17.2 Å². The molecule has 0 aromatic heterocycles. The molecule has 0 aliphatic carbocycles. The van der Waals surface area contributed by atoms with Gasteiger partial charge in [-0.05, 0) is 53.9 Å². The van der Waals surface area contributed by atoms with Crippen LogP contribution in [0.1, 0.15) is 18.1 Å². The van der Waals surface area contributed by atoms with Crippen molar-refractivity contribution in [3.05, 3.63) is 90.3 Å². The average molecular weight is 481 g/mol. The van der Waals surface area contributed by atoms with Crippen LogP contribution in [0.3, 0.4) is 0 Å². The molecule has 176 valence electrons. The summed E-state index contributed by atoms with van der Waals surface area (Å²) in [5.41, 5.74) is 4.09. The van der Waals surface area contributed by atoms with E-state index in [0.717, 1.165) is 11.1 Å². The Hall–Kier alpha value is -3.78. The number of amides is 2. The lowest BCUT2D eigenvalue weighted by atomic mass is 9.98. The van der Waals surface area contributed by atoms with Crippen LogP contribution >= 0.6 is 0 Å². The summed E-state index contributed by atoms with van der Waals surface area (Å²) in [4.78, 5) is 24.5. The fourth-order valence-corrected chi connectivity index (χ4v) is 4.32. The van der Waals surface area contributed by atoms with Crippen LogP contribution in [0.2, 0.25) is 0 Å². The Morgan fingerprint density at radius 2 is 1.62 bits per heavy atom. The molecule has 0 saturated heterocycles. The lowest BCUT2D eigenvalue weighted by molar-refractivity contribution is -0.115. The number of nitrogens with one attached hydrogen (secondary N) is 2. The van der Waals surface area contributed by atoms with Crippen molar-refractivity contribution in [1.29, 1.82) is 0 Å². The van der Waals surface area contributed by atoms with Crippen LogP contribution in [0.4, 0.5) is 15.8 Å². The van der Waals surface area contributed by atoms with E-state index >= 15 is 0 Å². The van der Waals surface area contributed by atoms with E-state index < -0.39 is 21.6 Å². The van der Waals surface area contributed by atoms with Gasteiger partial charge in [0.15, 0.2) is 15.7 Å². The summed E-state index contributed by atoms with van der Waals surface area (Å²) >= 11 is 0. The number of benzene rings is 3. The number of para-hydroxylation sites is 1. The Morgan fingerprint density at radius 3 is 2.24 bits per heavy atom. The van der Waals surface area contributed by atoms with Gasteiger partial charge in [-0.1, -0.05) is 49.9 Å². The number of carbonyl (C=O) groups is 2. The molecule has 0 aliphatic heterocycles. The van der Waals surface area contributed by atoms with Gasteiger partial charge in [-0.15, -0.1) is 0 Å². The maximum Gasteiger partial charge on any atom is 0.283 e. The maximum absolute atomic E-state index is 13.1. The van der Waals surface area contributed by atoms with Crippen LogP contribution in [-0.4, -0.2) is 26.0 Å². The van der Waals surface area contributed by atoms with Gasteiger partial charge in [0.2, 0.25) is 5.91 Å². The molecule has 3 aromatic carbocycles. The summed E-state index contributed by atoms with van der Waals surface area (Å²) in [6.45, 7) is 6.46. The zero-order chi connectivity index (χ0) is 24.9. The van der Waals surface area contributed by atoms with E-state index in [0.29, 0.717) is 22.5 Å². The lowest BCUT2D eigenvalue weighted by Gasteiger charge is -2.14. The van der Waals surface area contributed by atoms with Gasteiger partial charge in [-0.3, -0.25) is 9.59 Å². The third-order valence-electron chi connectivity index (χ3n) is 5.25. The van der Waals surface area contributed by atoms with Crippen molar-refractivity contribution in [2.75, 3.05) is 16.4 Å². The summed E-state index contributed by atoms with van der Waals surface area (Å²) < 4.78 is 37.0. The largest absolute Gasteiger partial charge is 0.326 e. The highest BCUT2D eigenvalue weighted by atomic mass is 32.2. The van der Waals surface area contributed by atoms with Gasteiger partial charge < -0.3 is 10.6 Å². The number of anilines is 2. The molecule has 0 radical (unpaired) electrons. The Bertz CT molecular complexity index is 1350. The molecule has 34 heavy (non-hydrogen) atoms. The van der Waals surface area contributed by atoms with Gasteiger partial charge in [0.05, 0.1) is 17.1 Å². The number of carbonyl (C=O) groups excluding carboxylic acids is 2. The van der Waals surface area contributed by atoms with Crippen LogP contribution in [0.5, 0.6) is 0 Å². The molecule has 0 unspecified atom stereocenters. The van der Waals surface area contributed by atoms with Crippen LogP contribution in [0, 0.1) is 6.92 Å². The molecule has 2 N–H and O–H groups in total. The normalized spacial score (nSPS) is 11.0. The van der Waals surface area contributed by atoms with Gasteiger partial charge in [-0.25, -0.2) is 12.8 Å². The van der Waals surface area contributed by atoms with Crippen molar-refractivity contribution >= 4 is 33.0 Å². The van der Waals surface area contributed by atoms with Crippen LogP contribution in [0.15, 0.2) is 84.0 Å². The first-order chi connectivity index (χ1) is 16.1. The first-order valence-electron chi connectivity index (χ1n) is 10.6. The second-order valence-corrected chi connectivity index (χ2v) is 9.98. The van der Waals surface area contributed by atoms with Gasteiger partial charge in [0, 0.05) is 16.9 Å². The zero-order valence-electron chi connectivity index (χ0n) is 18.9. The van der Waals surface area contributed by atoms with Gasteiger partial charge in [0.1, 0.15) is 0 Å². The van der Waals surface area contributed by atoms with Crippen LogP contribution in [0.25, 0.3) is 11.1 Å². The highest BCUT2D eigenvalue weighted by Gasteiger charge is 2.14. The van der Waals surface area contributed by atoms with Crippen LogP contribution < -0.4 is 10.6 Å². The summed E-state index contributed by atoms with van der Waals surface area (Å²) in [6, 6.07) is 18.6. The van der Waals surface area contributed by atoms with E-state index in [-0.39, 0.29) is 23.0 Å². The standard InChI is InChI=1S/C26H25FN2O4S/c1-4-34(32,33)21-12-9-19(10-13-21)16-25(30)28-20-11-14-22(17(2)15-20)23-7-5-6-8-24(23)29-26(31)18(3)27/h5-15H,3-4,16H2,1-2H3,(H,28,30)(H,29,31). The maximum atomic E-state index is 13.1. The Morgan fingerprint density at radius 1 is 0.941 bits per heavy atom. The van der Waals surface area contributed by atoms with E-state index in [9.17, 15) is 22.4 Å². The van der Waals surface area contributed by atoms with Crippen LogP contribution in [-0.2, 0) is 25.8 Å². The molecule has 0 saturated carbocycles. The van der Waals surface area contributed by atoms with E-state index in [4.69, 9.17) is 0 Å². The smallest absolute Gasteiger partial charge is 0.283 e. The SMILES string of the molecule is C=C(F)C(=O)Nc1ccccc1-c1ccc(NC(=O)Cc2ccc(S(=O)(=O)CC)cc2)cc1C. The Kier molecular flexibility index (Phi) is 7.63. The van der Waals surface area contributed by atoms with Crippen molar-refractivity contribution in [2.24, 2.45) is 0 Å². The first-order valence-corrected chi connectivity index (χ1v) is 12.2. The molecule has 0 bridgehead atoms. The molecule has 0 aliphatic rings. The van der Waals surface area contributed by atoms with Crippen molar-refractivity contribution < 1.29 is 22.4 Å². The van der Waals surface area contributed by atoms with Gasteiger partial charge in [0.25, 0.3) is 5.91 Å². The summed E-state index contributed by atoms with van der Waals surface area (Å²) in [5.74, 6) is -2.21. The quantitative estimate of drug-likeness (QED) is 0.441. The Balaban J connectivity index is 1.73. The molecular formula is C26H25FN2O4S. The second kappa shape index (κ2) is 10.4. The van der Waals surface area contributed by atoms with Gasteiger partial charge in [-0.2, -0.15) is 0 Å². The third kappa shape index (κ3) is 5.96. The minimum Gasteiger partial charge on any atom is -0.326 e. The molecule has 8 heteroatoms. The number of rotatable bonds is 8. The monoisotopic (exact) mass is 480 g/mol. The topological polar surface area (TPSA) is 92.3 Å². The molecule has 0 fully saturated rings. The van der Waals surface area contributed by atoms with E-state index in [1.165, 1.54) is 12.1 Å². The number of halogens is 1. The molecule has 0 atom stereocenters. The fourth-order valence-electron chi connectivity index (χ4n) is 3.43. The lowest BCUT2D eigenvalue weighted by Crippen LogP contribution is -2.14. The van der Waals surface area contributed by atoms with Crippen molar-refractivity contribution in [2.45, 2.75) is 25.2 Å². The average Bonchev–Trinajstić information content (AvgIpc) is 2.80. The Labute approximate surface area is 198 Å². The highest BCUT2D eigenvalue weighted by molar-refractivity contribution is 7.91. The number of aryl methyl sites for hydroxylation is 1. The molecular weight excluding hydrogens is 455 g/mol. The minimum absolute atomic E-state index is 0.0180. The highest BCUT2D eigenvalue weighted by Crippen LogP contribution is 2.32. The number of hydrogen-bond acceptors (Lipinski definition) is 4. The minimum atomic E-state index is -3.28. The number of hydrogen-bond donors (Lipinski definition) is 2. The molecule has 2 amide bonds. The third-order valence-corrected chi connectivity index (χ3v) is 7.00. The molecule has 3 rings (SSSR count). The zero-order valence-corrected chi connectivity index (χ0v) is 19.7. The number of sulfone groups is 1. The second-order valence-electron chi connectivity index (χ2n) is 7.71. The van der Waals surface area contributed by atoms with Crippen molar-refractivity contribution in [3.63, 3.8) is 0 Å². The molecule has 0 heterocycles. The molecule has 6 nitrogen and oxygen atoms in total. The predicted molar refractivity (Wildman–Crippen MR) is 132 cm³/mol. The van der Waals surface area contributed by atoms with Crippen molar-refractivity contribution in [1.82, 2.24) is 0 Å². The molecule has 3 aromatic rings. The fraction of sp³-hybridized carbons (Fsp3) is 0.154. The van der Waals surface area contributed by atoms with E-state index in [1.54, 1.807) is 55.5 Å². The van der Waals surface area contributed by atoms with Gasteiger partial charge >= 0.3 is 0 Å².